The summed E-state index contributed by atoms with van der Waals surface area (Å²) in [7, 11) is 0. The largest absolute Gasteiger partial charge is 0.381 e. The van der Waals surface area contributed by atoms with Gasteiger partial charge in [0.1, 0.15) is 0 Å². The molecule has 2 rings (SSSR count). The second kappa shape index (κ2) is 5.95. The van der Waals surface area contributed by atoms with Crippen LogP contribution in [-0.2, 0) is 4.74 Å². The Kier molecular flexibility index (Phi) is 4.57. The molecule has 14 heavy (non-hydrogen) atoms. The first-order chi connectivity index (χ1) is 6.95. The van der Waals surface area contributed by atoms with E-state index in [0.717, 1.165) is 32.2 Å². The molecule has 2 aliphatic heterocycles. The van der Waals surface area contributed by atoms with Crippen molar-refractivity contribution in [2.24, 2.45) is 5.92 Å². The number of rotatable bonds is 4. The maximum atomic E-state index is 5.34. The van der Waals surface area contributed by atoms with Gasteiger partial charge in [0, 0.05) is 43.8 Å². The lowest BCUT2D eigenvalue weighted by molar-refractivity contribution is 0.185. The van der Waals surface area contributed by atoms with Gasteiger partial charge in [-0.25, -0.2) is 0 Å². The normalized spacial score (nSPS) is 33.4. The Hall–Kier alpha value is 0.230. The van der Waals surface area contributed by atoms with Crippen LogP contribution in [0.1, 0.15) is 6.42 Å². The first-order valence-corrected chi connectivity index (χ1v) is 6.70. The molecule has 0 aromatic carbocycles. The molecule has 2 atom stereocenters. The average molecular weight is 216 g/mol. The monoisotopic (exact) mass is 216 g/mol. The van der Waals surface area contributed by atoms with Crippen LogP contribution in [0.4, 0.5) is 0 Å². The molecule has 2 saturated heterocycles. The highest BCUT2D eigenvalue weighted by atomic mass is 32.2. The first-order valence-electron chi connectivity index (χ1n) is 5.55. The summed E-state index contributed by atoms with van der Waals surface area (Å²) in [4.78, 5) is 0. The minimum absolute atomic E-state index is 0.677. The van der Waals surface area contributed by atoms with Crippen molar-refractivity contribution in [2.45, 2.75) is 12.5 Å². The molecule has 0 radical (unpaired) electrons. The van der Waals surface area contributed by atoms with Crippen LogP contribution in [0.5, 0.6) is 0 Å². The summed E-state index contributed by atoms with van der Waals surface area (Å²) < 4.78 is 5.34. The zero-order chi connectivity index (χ0) is 9.64. The van der Waals surface area contributed by atoms with Crippen molar-refractivity contribution in [3.05, 3.63) is 0 Å². The minimum Gasteiger partial charge on any atom is -0.381 e. The third-order valence-corrected chi connectivity index (χ3v) is 3.98. The van der Waals surface area contributed by atoms with Crippen LogP contribution in [0.15, 0.2) is 0 Å². The van der Waals surface area contributed by atoms with Crippen LogP contribution >= 0.6 is 11.8 Å². The molecule has 0 amide bonds. The Balaban J connectivity index is 1.52. The van der Waals surface area contributed by atoms with Gasteiger partial charge in [0.05, 0.1) is 6.61 Å². The lowest BCUT2D eigenvalue weighted by atomic mass is 10.1. The smallest absolute Gasteiger partial charge is 0.0507 e. The highest BCUT2D eigenvalue weighted by Crippen LogP contribution is 2.11. The molecule has 0 bridgehead atoms. The quantitative estimate of drug-likeness (QED) is 0.709. The summed E-state index contributed by atoms with van der Waals surface area (Å²) >= 11 is 2.06. The minimum atomic E-state index is 0.677. The van der Waals surface area contributed by atoms with Crippen LogP contribution < -0.4 is 10.6 Å². The fourth-order valence-electron chi connectivity index (χ4n) is 1.96. The molecule has 2 fully saturated rings. The van der Waals surface area contributed by atoms with E-state index in [1.807, 2.05) is 0 Å². The van der Waals surface area contributed by atoms with Crippen molar-refractivity contribution < 1.29 is 4.74 Å². The summed E-state index contributed by atoms with van der Waals surface area (Å²) in [6.07, 6.45) is 1.24. The van der Waals surface area contributed by atoms with E-state index in [9.17, 15) is 0 Å². The van der Waals surface area contributed by atoms with E-state index in [4.69, 9.17) is 4.74 Å². The maximum absolute atomic E-state index is 5.34. The number of hydrogen-bond acceptors (Lipinski definition) is 4. The van der Waals surface area contributed by atoms with E-state index < -0.39 is 0 Å². The van der Waals surface area contributed by atoms with Crippen LogP contribution in [0.25, 0.3) is 0 Å². The van der Waals surface area contributed by atoms with E-state index in [0.29, 0.717) is 6.04 Å². The fraction of sp³-hybridized carbons (Fsp3) is 1.00. The van der Waals surface area contributed by atoms with Crippen molar-refractivity contribution in [1.82, 2.24) is 10.6 Å². The number of hydrogen-bond donors (Lipinski definition) is 2. The molecule has 0 aromatic rings. The molecule has 0 aliphatic carbocycles. The fourth-order valence-corrected chi connectivity index (χ4v) is 2.91. The van der Waals surface area contributed by atoms with Crippen molar-refractivity contribution in [3.8, 4) is 0 Å². The summed E-state index contributed by atoms with van der Waals surface area (Å²) in [6.45, 7) is 5.33. The van der Waals surface area contributed by atoms with Crippen LogP contribution in [0.2, 0.25) is 0 Å². The van der Waals surface area contributed by atoms with E-state index in [1.165, 1.54) is 24.5 Å². The van der Waals surface area contributed by atoms with Crippen molar-refractivity contribution in [2.75, 3.05) is 44.4 Å². The molecule has 0 aromatic heterocycles. The van der Waals surface area contributed by atoms with E-state index in [-0.39, 0.29) is 0 Å². The van der Waals surface area contributed by atoms with Gasteiger partial charge in [0.25, 0.3) is 0 Å². The summed E-state index contributed by atoms with van der Waals surface area (Å²) in [5, 5.41) is 7.07. The van der Waals surface area contributed by atoms with Gasteiger partial charge in [-0.15, -0.1) is 0 Å². The number of nitrogens with one attached hydrogen (secondary N) is 2. The van der Waals surface area contributed by atoms with Crippen molar-refractivity contribution in [3.63, 3.8) is 0 Å². The van der Waals surface area contributed by atoms with Gasteiger partial charge in [0.15, 0.2) is 0 Å². The summed E-state index contributed by atoms with van der Waals surface area (Å²) in [5.74, 6) is 3.28. The maximum Gasteiger partial charge on any atom is 0.0507 e. The molecular formula is C10H20N2OS. The van der Waals surface area contributed by atoms with Gasteiger partial charge in [-0.1, -0.05) is 0 Å². The lowest BCUT2D eigenvalue weighted by Gasteiger charge is -2.23. The van der Waals surface area contributed by atoms with E-state index in [1.54, 1.807) is 0 Å². The van der Waals surface area contributed by atoms with Gasteiger partial charge in [-0.2, -0.15) is 11.8 Å². The standard InChI is InChI=1S/C10H20N2OS/c1-3-13-7-9(1)5-11-6-10-8-14-4-2-12-10/h9-12H,1-8H2. The topological polar surface area (TPSA) is 33.3 Å². The predicted octanol–water partition coefficient (Wildman–Crippen LogP) is 0.317. The SMILES string of the molecule is C1CSCC(CNCC2CCOC2)N1. The van der Waals surface area contributed by atoms with Gasteiger partial charge in [-0.3, -0.25) is 0 Å². The number of thioether (sulfide) groups is 1. The Bertz CT molecular complexity index is 156. The summed E-state index contributed by atoms with van der Waals surface area (Å²) in [5.41, 5.74) is 0. The molecule has 0 spiro atoms. The highest BCUT2D eigenvalue weighted by molar-refractivity contribution is 7.99. The van der Waals surface area contributed by atoms with E-state index >= 15 is 0 Å². The molecule has 2 heterocycles. The Morgan fingerprint density at radius 2 is 2.43 bits per heavy atom. The van der Waals surface area contributed by atoms with Crippen molar-refractivity contribution in [1.29, 1.82) is 0 Å². The lowest BCUT2D eigenvalue weighted by Crippen LogP contribution is -2.45. The van der Waals surface area contributed by atoms with Gasteiger partial charge in [-0.05, 0) is 12.3 Å². The molecule has 2 N–H and O–H groups in total. The molecular weight excluding hydrogens is 196 g/mol. The van der Waals surface area contributed by atoms with Gasteiger partial charge >= 0.3 is 0 Å². The first kappa shape index (κ1) is 10.7. The molecule has 82 valence electrons. The Morgan fingerprint density at radius 1 is 1.43 bits per heavy atom. The molecule has 4 heteroatoms. The average Bonchev–Trinajstić information content (AvgIpc) is 2.72. The Morgan fingerprint density at radius 3 is 3.14 bits per heavy atom. The van der Waals surface area contributed by atoms with Crippen LogP contribution in [0, 0.1) is 5.92 Å². The predicted molar refractivity (Wildman–Crippen MR) is 60.9 cm³/mol. The highest BCUT2D eigenvalue weighted by Gasteiger charge is 2.16. The van der Waals surface area contributed by atoms with Crippen LogP contribution in [-0.4, -0.2) is 50.4 Å². The molecule has 2 unspecified atom stereocenters. The van der Waals surface area contributed by atoms with Gasteiger partial charge < -0.3 is 15.4 Å². The second-order valence-electron chi connectivity index (χ2n) is 4.11. The third kappa shape index (κ3) is 3.42. The zero-order valence-electron chi connectivity index (χ0n) is 8.63. The van der Waals surface area contributed by atoms with E-state index in [2.05, 4.69) is 22.4 Å². The van der Waals surface area contributed by atoms with Gasteiger partial charge in [0.2, 0.25) is 0 Å². The Labute approximate surface area is 90.3 Å². The number of ether oxygens (including phenoxy) is 1. The summed E-state index contributed by atoms with van der Waals surface area (Å²) in [6, 6.07) is 0.677. The van der Waals surface area contributed by atoms with Crippen LogP contribution in [0.3, 0.4) is 0 Å². The molecule has 3 nitrogen and oxygen atoms in total. The molecule has 2 aliphatic rings. The second-order valence-corrected chi connectivity index (χ2v) is 5.26. The van der Waals surface area contributed by atoms with Crippen molar-refractivity contribution >= 4 is 11.8 Å². The zero-order valence-corrected chi connectivity index (χ0v) is 9.44. The third-order valence-electron chi connectivity index (χ3n) is 2.85. The molecule has 0 saturated carbocycles.